The van der Waals surface area contributed by atoms with E-state index in [-0.39, 0.29) is 17.4 Å². The molecule has 19 heavy (non-hydrogen) atoms. The fraction of sp³-hybridized carbons (Fsp3) is 0.250. The molecule has 0 aliphatic rings. The summed E-state index contributed by atoms with van der Waals surface area (Å²) in [7, 11) is 0. The molecule has 0 heterocycles. The molecule has 1 rings (SSSR count). The summed E-state index contributed by atoms with van der Waals surface area (Å²) in [6.45, 7) is -0.406. The molecule has 0 bridgehead atoms. The van der Waals surface area contributed by atoms with E-state index in [1.54, 1.807) is 24.3 Å². The lowest BCUT2D eigenvalue weighted by atomic mass is 10.3. The van der Waals surface area contributed by atoms with Gasteiger partial charge in [0.05, 0.1) is 17.6 Å². The highest BCUT2D eigenvalue weighted by Gasteiger charge is 2.03. The van der Waals surface area contributed by atoms with E-state index in [2.05, 4.69) is 5.32 Å². The zero-order valence-corrected chi connectivity index (χ0v) is 10.8. The van der Waals surface area contributed by atoms with Crippen LogP contribution < -0.4 is 10.1 Å². The van der Waals surface area contributed by atoms with Crippen LogP contribution in [0.3, 0.4) is 0 Å². The smallest absolute Gasteiger partial charge is 0.341 e. The van der Waals surface area contributed by atoms with Crippen molar-refractivity contribution in [2.75, 3.05) is 23.4 Å². The summed E-state index contributed by atoms with van der Waals surface area (Å²) < 4.78 is 4.95. The topological polar surface area (TPSA) is 99.4 Å². The minimum atomic E-state index is -1.05. The number of amides is 1. The van der Waals surface area contributed by atoms with Crippen molar-refractivity contribution >= 4 is 29.3 Å². The molecule has 1 aromatic carbocycles. The van der Waals surface area contributed by atoms with E-state index in [9.17, 15) is 9.59 Å². The van der Waals surface area contributed by atoms with Crippen molar-refractivity contribution in [3.05, 3.63) is 24.3 Å². The van der Waals surface area contributed by atoms with Crippen molar-refractivity contribution in [3.8, 4) is 11.8 Å². The van der Waals surface area contributed by atoms with E-state index in [1.165, 1.54) is 11.8 Å². The van der Waals surface area contributed by atoms with E-state index >= 15 is 0 Å². The number of nitriles is 1. The molecule has 6 nitrogen and oxygen atoms in total. The van der Waals surface area contributed by atoms with Gasteiger partial charge >= 0.3 is 5.97 Å². The Kier molecular flexibility index (Phi) is 6.26. The maximum absolute atomic E-state index is 11.4. The average molecular weight is 280 g/mol. The van der Waals surface area contributed by atoms with Crippen LogP contribution in [0.4, 0.5) is 5.69 Å². The Morgan fingerprint density at radius 3 is 2.63 bits per heavy atom. The summed E-state index contributed by atoms with van der Waals surface area (Å²) in [5, 5.41) is 19.4. The molecule has 0 aliphatic carbocycles. The van der Waals surface area contributed by atoms with Crippen LogP contribution in [0.25, 0.3) is 0 Å². The Labute approximate surface area is 114 Å². The van der Waals surface area contributed by atoms with Gasteiger partial charge < -0.3 is 15.2 Å². The molecule has 0 unspecified atom stereocenters. The Morgan fingerprint density at radius 2 is 2.05 bits per heavy atom. The van der Waals surface area contributed by atoms with Gasteiger partial charge in [0, 0.05) is 5.69 Å². The monoisotopic (exact) mass is 280 g/mol. The maximum atomic E-state index is 11.4. The highest BCUT2D eigenvalue weighted by Crippen LogP contribution is 2.15. The third kappa shape index (κ3) is 6.33. The van der Waals surface area contributed by atoms with Crippen molar-refractivity contribution in [3.63, 3.8) is 0 Å². The Balaban J connectivity index is 2.41. The second-order valence-electron chi connectivity index (χ2n) is 3.41. The molecule has 0 spiro atoms. The number of carboxylic acids is 1. The van der Waals surface area contributed by atoms with E-state index < -0.39 is 12.6 Å². The third-order valence-corrected chi connectivity index (χ3v) is 2.70. The number of nitrogens with one attached hydrogen (secondary N) is 1. The molecule has 0 saturated carbocycles. The number of carboxylic acid groups (broad SMARTS) is 1. The van der Waals surface area contributed by atoms with Gasteiger partial charge in [0.1, 0.15) is 5.75 Å². The van der Waals surface area contributed by atoms with Gasteiger partial charge in [0.25, 0.3) is 0 Å². The molecule has 100 valence electrons. The predicted octanol–water partition coefficient (Wildman–Crippen LogP) is 1.35. The molecule has 0 radical (unpaired) electrons. The molecule has 0 saturated heterocycles. The van der Waals surface area contributed by atoms with Crippen molar-refractivity contribution in [1.29, 1.82) is 5.26 Å². The second kappa shape index (κ2) is 8.00. The number of nitrogens with zero attached hydrogens (tertiary/aromatic N) is 1. The molecule has 2 N–H and O–H groups in total. The van der Waals surface area contributed by atoms with Crippen molar-refractivity contribution in [1.82, 2.24) is 0 Å². The van der Waals surface area contributed by atoms with Gasteiger partial charge in [0.2, 0.25) is 5.91 Å². The molecule has 0 aromatic heterocycles. The van der Waals surface area contributed by atoms with E-state index in [4.69, 9.17) is 15.1 Å². The quantitative estimate of drug-likeness (QED) is 0.731. The molecule has 0 aliphatic heterocycles. The number of hydrogen-bond donors (Lipinski definition) is 2. The summed E-state index contributed by atoms with van der Waals surface area (Å²) in [5.41, 5.74) is 0.588. The molecular weight excluding hydrogens is 268 g/mol. The minimum absolute atomic E-state index is 0.195. The van der Waals surface area contributed by atoms with Gasteiger partial charge in [0.15, 0.2) is 6.61 Å². The van der Waals surface area contributed by atoms with Crippen molar-refractivity contribution < 1.29 is 19.4 Å². The van der Waals surface area contributed by atoms with Gasteiger partial charge in [-0.1, -0.05) is 0 Å². The largest absolute Gasteiger partial charge is 0.482 e. The lowest BCUT2D eigenvalue weighted by molar-refractivity contribution is -0.139. The Hall–Kier alpha value is -2.20. The number of ether oxygens (including phenoxy) is 1. The van der Waals surface area contributed by atoms with E-state index in [0.717, 1.165) is 0 Å². The van der Waals surface area contributed by atoms with Gasteiger partial charge in [-0.25, -0.2) is 4.79 Å². The summed E-state index contributed by atoms with van der Waals surface area (Å²) in [6.07, 6.45) is 0. The van der Waals surface area contributed by atoms with Crippen LogP contribution in [0.2, 0.25) is 0 Å². The number of aliphatic carboxylic acids is 1. The van der Waals surface area contributed by atoms with E-state index in [0.29, 0.717) is 11.4 Å². The molecule has 0 atom stereocenters. The Morgan fingerprint density at radius 1 is 1.37 bits per heavy atom. The summed E-state index contributed by atoms with van der Waals surface area (Å²) in [5.74, 6) is -0.342. The van der Waals surface area contributed by atoms with Crippen LogP contribution >= 0.6 is 11.8 Å². The molecule has 1 aromatic rings. The van der Waals surface area contributed by atoms with Crippen LogP contribution in [0.1, 0.15) is 0 Å². The first-order valence-corrected chi connectivity index (χ1v) is 6.46. The number of anilines is 1. The first kappa shape index (κ1) is 14.9. The number of thioether (sulfide) groups is 1. The summed E-state index contributed by atoms with van der Waals surface area (Å²) in [4.78, 5) is 21.7. The van der Waals surface area contributed by atoms with Crippen LogP contribution in [-0.2, 0) is 9.59 Å². The molecule has 1 amide bonds. The zero-order valence-electron chi connectivity index (χ0n) is 9.96. The molecule has 7 heteroatoms. The van der Waals surface area contributed by atoms with Crippen molar-refractivity contribution in [2.24, 2.45) is 0 Å². The predicted molar refractivity (Wildman–Crippen MR) is 71.1 cm³/mol. The van der Waals surface area contributed by atoms with Crippen LogP contribution in [0.5, 0.6) is 5.75 Å². The molecular formula is C12H12N2O4S. The van der Waals surface area contributed by atoms with Crippen LogP contribution in [-0.4, -0.2) is 35.1 Å². The number of carbonyl (C=O) groups is 2. The zero-order chi connectivity index (χ0) is 14.1. The second-order valence-corrected chi connectivity index (χ2v) is 4.39. The van der Waals surface area contributed by atoms with Gasteiger partial charge in [-0.15, -0.1) is 11.8 Å². The van der Waals surface area contributed by atoms with Gasteiger partial charge in [-0.3, -0.25) is 4.79 Å². The number of rotatable bonds is 7. The van der Waals surface area contributed by atoms with Crippen molar-refractivity contribution in [2.45, 2.75) is 0 Å². The van der Waals surface area contributed by atoms with Crippen LogP contribution in [0, 0.1) is 11.3 Å². The highest BCUT2D eigenvalue weighted by molar-refractivity contribution is 8.00. The first-order chi connectivity index (χ1) is 9.11. The highest BCUT2D eigenvalue weighted by atomic mass is 32.2. The number of hydrogen-bond acceptors (Lipinski definition) is 5. The third-order valence-electron chi connectivity index (χ3n) is 1.90. The van der Waals surface area contributed by atoms with Gasteiger partial charge in [-0.05, 0) is 24.3 Å². The molecule has 0 fully saturated rings. The fourth-order valence-electron chi connectivity index (χ4n) is 1.17. The lowest BCUT2D eigenvalue weighted by Gasteiger charge is -2.06. The van der Waals surface area contributed by atoms with E-state index in [1.807, 2.05) is 6.07 Å². The summed E-state index contributed by atoms with van der Waals surface area (Å²) in [6, 6.07) is 8.31. The lowest BCUT2D eigenvalue weighted by Crippen LogP contribution is -2.14. The standard InChI is InChI=1S/C12H12N2O4S/c13-5-6-19-8-11(15)14-9-1-3-10(4-2-9)18-7-12(16)17/h1-4H,6-8H2,(H,14,15)(H,16,17). The normalized spacial score (nSPS) is 9.42. The van der Waals surface area contributed by atoms with Gasteiger partial charge in [-0.2, -0.15) is 5.26 Å². The summed E-state index contributed by atoms with van der Waals surface area (Å²) >= 11 is 1.23. The minimum Gasteiger partial charge on any atom is -0.482 e. The number of benzene rings is 1. The first-order valence-electron chi connectivity index (χ1n) is 5.31. The average Bonchev–Trinajstić information content (AvgIpc) is 2.38. The SMILES string of the molecule is N#CCSCC(=O)Nc1ccc(OCC(=O)O)cc1. The maximum Gasteiger partial charge on any atom is 0.341 e. The fourth-order valence-corrected chi connectivity index (χ4v) is 1.62. The number of carbonyl (C=O) groups excluding carboxylic acids is 1. The Bertz CT molecular complexity index is 481. The van der Waals surface area contributed by atoms with Crippen LogP contribution in [0.15, 0.2) is 24.3 Å².